The average molecular weight is 584 g/mol. The highest BCUT2D eigenvalue weighted by molar-refractivity contribution is 5.75. The highest BCUT2D eigenvalue weighted by atomic mass is 19.4. The van der Waals surface area contributed by atoms with E-state index in [2.05, 4.69) is 14.9 Å². The van der Waals surface area contributed by atoms with E-state index in [0.29, 0.717) is 61.6 Å². The summed E-state index contributed by atoms with van der Waals surface area (Å²) in [4.78, 5) is 35.8. The molecular formula is C29H32F3N7O3. The predicted molar refractivity (Wildman–Crippen MR) is 149 cm³/mol. The van der Waals surface area contributed by atoms with Gasteiger partial charge in [0.2, 0.25) is 5.91 Å². The number of pyridine rings is 1. The summed E-state index contributed by atoms with van der Waals surface area (Å²) in [7, 11) is 0. The van der Waals surface area contributed by atoms with E-state index in [1.165, 1.54) is 19.1 Å². The first-order chi connectivity index (χ1) is 20.1. The lowest BCUT2D eigenvalue weighted by molar-refractivity contribution is -0.137. The molecule has 1 amide bonds. The molecule has 1 saturated heterocycles. The molecule has 3 aromatic heterocycles. The van der Waals surface area contributed by atoms with Crippen LogP contribution >= 0.6 is 0 Å². The molecule has 0 bridgehead atoms. The molecule has 4 aromatic rings. The molecule has 0 spiro atoms. The lowest BCUT2D eigenvalue weighted by Crippen LogP contribution is -2.42. The zero-order chi connectivity index (χ0) is 29.6. The number of likely N-dealkylation sites (tertiary alicyclic amines) is 1. The Morgan fingerprint density at radius 2 is 1.86 bits per heavy atom. The van der Waals surface area contributed by atoms with E-state index in [9.17, 15) is 27.9 Å². The van der Waals surface area contributed by atoms with Crippen LogP contribution < -0.4 is 5.69 Å². The Kier molecular flexibility index (Phi) is 7.39. The third-order valence-corrected chi connectivity index (χ3v) is 8.32. The molecule has 13 heteroatoms. The SMILES string of the molecule is CC(=O)N1CCc2c(c(-c3ccc(C(F)(F)F)cc3)nn2CC(O)CN2CCC(n3c(=O)[nH]c4cccnc43)CC2)C1. The Bertz CT molecular complexity index is 1650. The fourth-order valence-corrected chi connectivity index (χ4v) is 6.17. The average Bonchev–Trinajstić information content (AvgIpc) is 3.49. The number of amides is 1. The first-order valence-electron chi connectivity index (χ1n) is 14.1. The third kappa shape index (κ3) is 5.45. The van der Waals surface area contributed by atoms with Crippen molar-refractivity contribution in [1.82, 2.24) is 34.1 Å². The van der Waals surface area contributed by atoms with Crippen molar-refractivity contribution in [3.05, 3.63) is 69.9 Å². The summed E-state index contributed by atoms with van der Waals surface area (Å²) in [5.74, 6) is -0.0825. The molecule has 10 nitrogen and oxygen atoms in total. The summed E-state index contributed by atoms with van der Waals surface area (Å²) < 4.78 is 42.9. The molecule has 2 aliphatic heterocycles. The van der Waals surface area contributed by atoms with Gasteiger partial charge in [0.05, 0.1) is 29.4 Å². The van der Waals surface area contributed by atoms with Crippen molar-refractivity contribution in [2.24, 2.45) is 0 Å². The summed E-state index contributed by atoms with van der Waals surface area (Å²) in [5, 5.41) is 15.8. The first kappa shape index (κ1) is 28.2. The van der Waals surface area contributed by atoms with E-state index in [4.69, 9.17) is 5.10 Å². The minimum absolute atomic E-state index is 0.0168. The van der Waals surface area contributed by atoms with Crippen LogP contribution in [0.1, 0.15) is 42.6 Å². The van der Waals surface area contributed by atoms with Gasteiger partial charge in [-0.05, 0) is 37.1 Å². The maximum atomic E-state index is 13.1. The number of hydrogen-bond donors (Lipinski definition) is 2. The number of rotatable bonds is 6. The van der Waals surface area contributed by atoms with Gasteiger partial charge < -0.3 is 19.9 Å². The number of aromatic amines is 1. The molecule has 0 saturated carbocycles. The monoisotopic (exact) mass is 583 g/mol. The van der Waals surface area contributed by atoms with Crippen molar-refractivity contribution < 1.29 is 23.1 Å². The molecule has 5 heterocycles. The van der Waals surface area contributed by atoms with Crippen molar-refractivity contribution in [2.75, 3.05) is 26.2 Å². The number of alkyl halides is 3. The van der Waals surface area contributed by atoms with Gasteiger partial charge in [-0.2, -0.15) is 18.3 Å². The molecule has 1 unspecified atom stereocenters. The van der Waals surface area contributed by atoms with Crippen LogP contribution in [0, 0.1) is 0 Å². The van der Waals surface area contributed by atoms with Crippen LogP contribution in [0.5, 0.6) is 0 Å². The first-order valence-corrected chi connectivity index (χ1v) is 14.1. The van der Waals surface area contributed by atoms with Gasteiger partial charge in [-0.15, -0.1) is 0 Å². The number of aliphatic hydroxyl groups is 1. The number of aliphatic hydroxyl groups excluding tert-OH is 1. The van der Waals surface area contributed by atoms with Crippen molar-refractivity contribution in [2.45, 2.75) is 57.6 Å². The molecule has 1 aromatic carbocycles. The molecule has 1 fully saturated rings. The number of nitrogens with one attached hydrogen (secondary N) is 1. The predicted octanol–water partition coefficient (Wildman–Crippen LogP) is 3.21. The second kappa shape index (κ2) is 11.0. The molecule has 0 aliphatic carbocycles. The van der Waals surface area contributed by atoms with Crippen molar-refractivity contribution in [3.63, 3.8) is 0 Å². The van der Waals surface area contributed by atoms with Crippen LogP contribution in [0.3, 0.4) is 0 Å². The Balaban J connectivity index is 1.16. The molecule has 2 aliphatic rings. The molecule has 2 N–H and O–H groups in total. The van der Waals surface area contributed by atoms with Crippen LogP contribution in [0.15, 0.2) is 47.4 Å². The summed E-state index contributed by atoms with van der Waals surface area (Å²) in [6, 6.07) is 8.50. The van der Waals surface area contributed by atoms with E-state index < -0.39 is 17.8 Å². The lowest BCUT2D eigenvalue weighted by atomic mass is 10.00. The minimum atomic E-state index is -4.44. The fourth-order valence-electron chi connectivity index (χ4n) is 6.17. The van der Waals surface area contributed by atoms with Gasteiger partial charge in [0.25, 0.3) is 0 Å². The van der Waals surface area contributed by atoms with E-state index in [1.807, 2.05) is 6.07 Å². The third-order valence-electron chi connectivity index (χ3n) is 8.32. The van der Waals surface area contributed by atoms with Gasteiger partial charge in [-0.1, -0.05) is 12.1 Å². The zero-order valence-corrected chi connectivity index (χ0v) is 23.1. The number of fused-ring (bicyclic) bond motifs is 2. The molecule has 6 rings (SSSR count). The number of piperidine rings is 1. The maximum Gasteiger partial charge on any atom is 0.416 e. The molecule has 222 valence electrons. The number of aromatic nitrogens is 5. The highest BCUT2D eigenvalue weighted by Crippen LogP contribution is 2.34. The number of nitrogens with zero attached hydrogens (tertiary/aromatic N) is 6. The molecule has 1 atom stereocenters. The minimum Gasteiger partial charge on any atom is -0.390 e. The summed E-state index contributed by atoms with van der Waals surface area (Å²) >= 11 is 0. The second-order valence-corrected chi connectivity index (χ2v) is 11.1. The largest absolute Gasteiger partial charge is 0.416 e. The van der Waals surface area contributed by atoms with E-state index in [1.54, 1.807) is 26.4 Å². The van der Waals surface area contributed by atoms with Gasteiger partial charge in [0, 0.05) is 75.1 Å². The number of hydrogen-bond acceptors (Lipinski definition) is 6. The normalized spacial score (nSPS) is 17.5. The Labute approximate surface area is 239 Å². The van der Waals surface area contributed by atoms with Gasteiger partial charge in [-0.25, -0.2) is 9.78 Å². The Morgan fingerprint density at radius 3 is 2.55 bits per heavy atom. The number of carbonyl (C=O) groups excluding carboxylic acids is 1. The van der Waals surface area contributed by atoms with Crippen molar-refractivity contribution in [1.29, 1.82) is 0 Å². The Morgan fingerprint density at radius 1 is 1.12 bits per heavy atom. The number of halogens is 3. The van der Waals surface area contributed by atoms with Crippen LogP contribution in [0.4, 0.5) is 13.2 Å². The highest BCUT2D eigenvalue weighted by Gasteiger charge is 2.32. The molecule has 42 heavy (non-hydrogen) atoms. The van der Waals surface area contributed by atoms with Gasteiger partial charge in [0.15, 0.2) is 5.65 Å². The summed E-state index contributed by atoms with van der Waals surface area (Å²) in [5.41, 5.74) is 3.18. The maximum absolute atomic E-state index is 13.1. The second-order valence-electron chi connectivity index (χ2n) is 11.1. The van der Waals surface area contributed by atoms with Crippen molar-refractivity contribution >= 4 is 17.1 Å². The smallest absolute Gasteiger partial charge is 0.390 e. The van der Waals surface area contributed by atoms with Gasteiger partial charge in [0.1, 0.15) is 0 Å². The van der Waals surface area contributed by atoms with Crippen LogP contribution in [0.25, 0.3) is 22.4 Å². The van der Waals surface area contributed by atoms with Crippen molar-refractivity contribution in [3.8, 4) is 11.3 Å². The standard InChI is InChI=1S/C29H32F3N7O3/c1-18(40)37-14-10-25-23(17-37)26(19-4-6-20(7-5-19)29(30,31)32)35-38(25)16-22(41)15-36-12-8-21(9-13-36)39-27-24(34-28(39)42)3-2-11-33-27/h2-7,11,21-22,41H,8-10,12-17H2,1H3,(H,34,42). The number of benzene rings is 1. The lowest BCUT2D eigenvalue weighted by Gasteiger charge is -2.33. The topological polar surface area (TPSA) is 112 Å². The van der Waals surface area contributed by atoms with E-state index in [0.717, 1.165) is 36.2 Å². The quantitative estimate of drug-likeness (QED) is 0.361. The Hall–Kier alpha value is -3.97. The van der Waals surface area contributed by atoms with Crippen LogP contribution in [0.2, 0.25) is 0 Å². The number of β-amino-alcohol motifs (C(OH)–C–C–N with tert-alkyl or cyclic N) is 1. The zero-order valence-electron chi connectivity index (χ0n) is 23.1. The van der Waals surface area contributed by atoms with Crippen LogP contribution in [-0.4, -0.2) is 77.4 Å². The summed E-state index contributed by atoms with van der Waals surface area (Å²) in [6.45, 7) is 4.35. The van der Waals surface area contributed by atoms with Gasteiger partial charge >= 0.3 is 11.9 Å². The molecule has 0 radical (unpaired) electrons. The summed E-state index contributed by atoms with van der Waals surface area (Å²) in [6.07, 6.45) is -1.49. The van der Waals surface area contributed by atoms with Crippen LogP contribution in [-0.2, 0) is 30.5 Å². The molecular weight excluding hydrogens is 551 g/mol. The number of carbonyl (C=O) groups is 1. The number of imidazole rings is 1. The number of H-pyrrole nitrogens is 1. The van der Waals surface area contributed by atoms with Gasteiger partial charge in [-0.3, -0.25) is 14.0 Å². The van der Waals surface area contributed by atoms with E-state index in [-0.39, 0.29) is 24.2 Å². The fraction of sp³-hybridized carbons (Fsp3) is 0.448. The van der Waals surface area contributed by atoms with E-state index >= 15 is 0 Å².